The molecule has 0 saturated heterocycles. The molecule has 1 aliphatic carbocycles. The van der Waals surface area contributed by atoms with E-state index >= 15 is 0 Å². The Labute approximate surface area is 133 Å². The molecule has 0 heterocycles. The summed E-state index contributed by atoms with van der Waals surface area (Å²) in [6.07, 6.45) is -1.35. The largest absolute Gasteiger partial charge is 0.573 e. The number of carbonyl (C=O) groups excluding carboxylic acids is 1. The number of ether oxygens (including phenoxy) is 1. The van der Waals surface area contributed by atoms with E-state index in [1.807, 2.05) is 0 Å². The van der Waals surface area contributed by atoms with Gasteiger partial charge >= 0.3 is 6.36 Å². The fourth-order valence-electron chi connectivity index (χ4n) is 2.90. The second-order valence-electron chi connectivity index (χ2n) is 5.97. The minimum absolute atomic E-state index is 0.0786. The van der Waals surface area contributed by atoms with Crippen LogP contribution in [-0.4, -0.2) is 18.3 Å². The molecule has 0 bridgehead atoms. The molecule has 1 unspecified atom stereocenters. The molecule has 0 aliphatic heterocycles. The molecule has 1 aliphatic rings. The van der Waals surface area contributed by atoms with Crippen LogP contribution in [0.25, 0.3) is 0 Å². The molecule has 2 rings (SSSR count). The fraction of sp³-hybridized carbons (Fsp3) is 0.562. The van der Waals surface area contributed by atoms with E-state index in [2.05, 4.69) is 10.1 Å². The van der Waals surface area contributed by atoms with Crippen LogP contribution in [0.5, 0.6) is 5.75 Å². The van der Waals surface area contributed by atoms with Gasteiger partial charge in [-0.25, -0.2) is 0 Å². The molecule has 1 aromatic carbocycles. The van der Waals surface area contributed by atoms with Crippen LogP contribution in [0.4, 0.5) is 13.2 Å². The SMILES string of the molecule is CC(NC(=O)C[C@@H]1CCC[C@H]1N)c1ccc(OC(F)(F)F)cc1. The van der Waals surface area contributed by atoms with Crippen LogP contribution in [0.2, 0.25) is 0 Å². The summed E-state index contributed by atoms with van der Waals surface area (Å²) in [7, 11) is 0. The van der Waals surface area contributed by atoms with Crippen molar-refractivity contribution in [2.75, 3.05) is 0 Å². The molecule has 1 amide bonds. The Kier molecular flexibility index (Phi) is 5.51. The number of carbonyl (C=O) groups is 1. The van der Waals surface area contributed by atoms with Crippen molar-refractivity contribution in [3.05, 3.63) is 29.8 Å². The monoisotopic (exact) mass is 330 g/mol. The summed E-state index contributed by atoms with van der Waals surface area (Å²) in [5.41, 5.74) is 6.66. The first kappa shape index (κ1) is 17.6. The summed E-state index contributed by atoms with van der Waals surface area (Å²) < 4.78 is 40.1. The molecular weight excluding hydrogens is 309 g/mol. The van der Waals surface area contributed by atoms with Gasteiger partial charge in [-0.2, -0.15) is 0 Å². The van der Waals surface area contributed by atoms with Crippen LogP contribution >= 0.6 is 0 Å². The average Bonchev–Trinajstić information content (AvgIpc) is 2.83. The number of alkyl halides is 3. The van der Waals surface area contributed by atoms with Crippen LogP contribution in [0.1, 0.15) is 44.2 Å². The summed E-state index contributed by atoms with van der Waals surface area (Å²) in [4.78, 5) is 12.0. The van der Waals surface area contributed by atoms with Crippen LogP contribution in [-0.2, 0) is 4.79 Å². The van der Waals surface area contributed by atoms with Crippen molar-refractivity contribution >= 4 is 5.91 Å². The maximum Gasteiger partial charge on any atom is 0.573 e. The Morgan fingerprint density at radius 1 is 1.35 bits per heavy atom. The molecule has 3 atom stereocenters. The summed E-state index contributed by atoms with van der Waals surface area (Å²) in [5, 5.41) is 2.85. The van der Waals surface area contributed by atoms with Crippen molar-refractivity contribution < 1.29 is 22.7 Å². The zero-order valence-corrected chi connectivity index (χ0v) is 12.9. The molecule has 1 aromatic rings. The summed E-state index contributed by atoms with van der Waals surface area (Å²) in [5.74, 6) is -0.156. The van der Waals surface area contributed by atoms with E-state index in [4.69, 9.17) is 5.73 Å². The van der Waals surface area contributed by atoms with Crippen molar-refractivity contribution in [1.29, 1.82) is 0 Å². The van der Waals surface area contributed by atoms with Crippen molar-refractivity contribution in [1.82, 2.24) is 5.32 Å². The number of hydrogen-bond donors (Lipinski definition) is 2. The highest BCUT2D eigenvalue weighted by Gasteiger charge is 2.31. The fourth-order valence-corrected chi connectivity index (χ4v) is 2.90. The molecule has 0 spiro atoms. The van der Waals surface area contributed by atoms with Gasteiger partial charge in [-0.05, 0) is 43.4 Å². The Morgan fingerprint density at radius 2 is 2.00 bits per heavy atom. The van der Waals surface area contributed by atoms with Gasteiger partial charge in [0.15, 0.2) is 0 Å². The van der Waals surface area contributed by atoms with Gasteiger partial charge in [-0.1, -0.05) is 18.6 Å². The average molecular weight is 330 g/mol. The van der Waals surface area contributed by atoms with Gasteiger partial charge < -0.3 is 15.8 Å². The van der Waals surface area contributed by atoms with Gasteiger partial charge in [-0.3, -0.25) is 4.79 Å². The van der Waals surface area contributed by atoms with Crippen LogP contribution in [0, 0.1) is 5.92 Å². The Hall–Kier alpha value is -1.76. The van der Waals surface area contributed by atoms with Crippen LogP contribution in [0.15, 0.2) is 24.3 Å². The van der Waals surface area contributed by atoms with E-state index in [-0.39, 0.29) is 29.7 Å². The predicted molar refractivity (Wildman–Crippen MR) is 79.6 cm³/mol. The third-order valence-corrected chi connectivity index (χ3v) is 4.16. The summed E-state index contributed by atoms with van der Waals surface area (Å²) >= 11 is 0. The van der Waals surface area contributed by atoms with Gasteiger partial charge in [0.2, 0.25) is 5.91 Å². The molecular formula is C16H21F3N2O2. The molecule has 0 radical (unpaired) electrons. The highest BCUT2D eigenvalue weighted by molar-refractivity contribution is 5.76. The number of halogens is 3. The number of nitrogens with two attached hydrogens (primary N) is 1. The lowest BCUT2D eigenvalue weighted by Gasteiger charge is -2.18. The predicted octanol–water partition coefficient (Wildman–Crippen LogP) is 3.28. The summed E-state index contributed by atoms with van der Waals surface area (Å²) in [6.45, 7) is 1.78. The van der Waals surface area contributed by atoms with E-state index in [0.717, 1.165) is 19.3 Å². The Balaban J connectivity index is 1.87. The van der Waals surface area contributed by atoms with E-state index in [0.29, 0.717) is 12.0 Å². The minimum Gasteiger partial charge on any atom is -0.406 e. The normalized spacial score (nSPS) is 22.7. The lowest BCUT2D eigenvalue weighted by Crippen LogP contribution is -2.32. The second kappa shape index (κ2) is 7.21. The van der Waals surface area contributed by atoms with Crippen LogP contribution < -0.4 is 15.8 Å². The molecule has 23 heavy (non-hydrogen) atoms. The third-order valence-electron chi connectivity index (χ3n) is 4.16. The number of benzene rings is 1. The molecule has 4 nitrogen and oxygen atoms in total. The van der Waals surface area contributed by atoms with Crippen LogP contribution in [0.3, 0.4) is 0 Å². The van der Waals surface area contributed by atoms with Crippen molar-refractivity contribution in [3.8, 4) is 5.75 Å². The highest BCUT2D eigenvalue weighted by Crippen LogP contribution is 2.27. The van der Waals surface area contributed by atoms with E-state index < -0.39 is 6.36 Å². The molecule has 3 N–H and O–H groups in total. The summed E-state index contributed by atoms with van der Waals surface area (Å²) in [6, 6.07) is 5.27. The number of hydrogen-bond acceptors (Lipinski definition) is 3. The Bertz CT molecular complexity index is 531. The van der Waals surface area contributed by atoms with Crippen molar-refractivity contribution in [2.24, 2.45) is 11.7 Å². The third kappa shape index (κ3) is 5.42. The zero-order valence-electron chi connectivity index (χ0n) is 12.9. The van der Waals surface area contributed by atoms with Gasteiger partial charge in [-0.15, -0.1) is 13.2 Å². The standard InChI is InChI=1S/C16H21F3N2O2/c1-10(21-15(22)9-12-3-2-4-14(12)20)11-5-7-13(8-6-11)23-16(17,18)19/h5-8,10,12,14H,2-4,9,20H2,1H3,(H,21,22)/t10?,12-,14+/m0/s1. The molecule has 0 aromatic heterocycles. The first-order chi connectivity index (χ1) is 10.7. The second-order valence-corrected chi connectivity index (χ2v) is 5.97. The van der Waals surface area contributed by atoms with Gasteiger partial charge in [0.1, 0.15) is 5.75 Å². The van der Waals surface area contributed by atoms with Gasteiger partial charge in [0.05, 0.1) is 6.04 Å². The molecule has 1 fully saturated rings. The smallest absolute Gasteiger partial charge is 0.406 e. The Morgan fingerprint density at radius 3 is 2.52 bits per heavy atom. The topological polar surface area (TPSA) is 64.4 Å². The number of amides is 1. The van der Waals surface area contributed by atoms with E-state index in [1.54, 1.807) is 6.92 Å². The molecule has 128 valence electrons. The van der Waals surface area contributed by atoms with Crippen molar-refractivity contribution in [3.63, 3.8) is 0 Å². The van der Waals surface area contributed by atoms with E-state index in [9.17, 15) is 18.0 Å². The molecule has 1 saturated carbocycles. The van der Waals surface area contributed by atoms with Crippen molar-refractivity contribution in [2.45, 2.75) is 51.1 Å². The van der Waals surface area contributed by atoms with E-state index in [1.165, 1.54) is 24.3 Å². The minimum atomic E-state index is -4.71. The maximum atomic E-state index is 12.1. The first-order valence-corrected chi connectivity index (χ1v) is 7.65. The quantitative estimate of drug-likeness (QED) is 0.871. The van der Waals surface area contributed by atoms with Gasteiger partial charge in [0.25, 0.3) is 0 Å². The highest BCUT2D eigenvalue weighted by atomic mass is 19.4. The lowest BCUT2D eigenvalue weighted by molar-refractivity contribution is -0.274. The lowest BCUT2D eigenvalue weighted by atomic mass is 9.99. The first-order valence-electron chi connectivity index (χ1n) is 7.65. The zero-order chi connectivity index (χ0) is 17.0. The molecule has 7 heteroatoms. The number of nitrogens with one attached hydrogen (secondary N) is 1. The van der Waals surface area contributed by atoms with Gasteiger partial charge in [0, 0.05) is 12.5 Å². The maximum absolute atomic E-state index is 12.1. The number of rotatable bonds is 5.